The number of benzene rings is 1. The first-order valence-corrected chi connectivity index (χ1v) is 7.38. The molecule has 0 saturated heterocycles. The highest BCUT2D eigenvalue weighted by atomic mass is 14.9. The van der Waals surface area contributed by atoms with Gasteiger partial charge in [-0.1, -0.05) is 18.2 Å². The van der Waals surface area contributed by atoms with Crippen molar-refractivity contribution in [2.75, 3.05) is 18.4 Å². The highest BCUT2D eigenvalue weighted by Gasteiger charge is 2.08. The van der Waals surface area contributed by atoms with Gasteiger partial charge in [-0.05, 0) is 55.1 Å². The van der Waals surface area contributed by atoms with Crippen molar-refractivity contribution in [3.8, 4) is 0 Å². The highest BCUT2D eigenvalue weighted by Crippen LogP contribution is 2.22. The second kappa shape index (κ2) is 6.53. The Hall–Kier alpha value is -1.87. The standard InChI is InChI=1S/C17H21N3/c1-2-9-19-16(5-1)13-18-11-8-14-6-7-17-15(12-14)4-3-10-20-17/h1-2,5-7,9,12,18,20H,3-4,8,10-11,13H2. The van der Waals surface area contributed by atoms with Gasteiger partial charge in [0.05, 0.1) is 5.69 Å². The van der Waals surface area contributed by atoms with Crippen LogP contribution in [0.25, 0.3) is 0 Å². The largest absolute Gasteiger partial charge is 0.385 e. The summed E-state index contributed by atoms with van der Waals surface area (Å²) in [6.07, 6.45) is 5.36. The Bertz CT molecular complexity index is 551. The Morgan fingerprint density at radius 1 is 1.20 bits per heavy atom. The van der Waals surface area contributed by atoms with E-state index in [1.165, 1.54) is 29.7 Å². The number of fused-ring (bicyclic) bond motifs is 1. The fraction of sp³-hybridized carbons (Fsp3) is 0.353. The quantitative estimate of drug-likeness (QED) is 0.818. The molecule has 0 radical (unpaired) electrons. The molecule has 0 unspecified atom stereocenters. The van der Waals surface area contributed by atoms with Gasteiger partial charge in [0.2, 0.25) is 0 Å². The van der Waals surface area contributed by atoms with E-state index in [1.54, 1.807) is 0 Å². The van der Waals surface area contributed by atoms with Crippen LogP contribution >= 0.6 is 0 Å². The molecule has 0 saturated carbocycles. The number of pyridine rings is 1. The summed E-state index contributed by atoms with van der Waals surface area (Å²) in [6, 6.07) is 12.8. The van der Waals surface area contributed by atoms with Gasteiger partial charge in [-0.25, -0.2) is 0 Å². The van der Waals surface area contributed by atoms with Crippen LogP contribution in [0.2, 0.25) is 0 Å². The molecule has 1 aliphatic heterocycles. The molecule has 0 spiro atoms. The first-order valence-electron chi connectivity index (χ1n) is 7.38. The second-order valence-electron chi connectivity index (χ2n) is 5.27. The van der Waals surface area contributed by atoms with E-state index in [4.69, 9.17) is 0 Å². The van der Waals surface area contributed by atoms with Crippen molar-refractivity contribution in [3.05, 3.63) is 59.4 Å². The van der Waals surface area contributed by atoms with Crippen LogP contribution in [0.4, 0.5) is 5.69 Å². The maximum absolute atomic E-state index is 4.31. The summed E-state index contributed by atoms with van der Waals surface area (Å²) in [5.41, 5.74) is 5.31. The van der Waals surface area contributed by atoms with Gasteiger partial charge >= 0.3 is 0 Å². The molecule has 1 aromatic carbocycles. The average Bonchev–Trinajstić information content (AvgIpc) is 2.52. The Morgan fingerprint density at radius 2 is 2.20 bits per heavy atom. The first-order chi connectivity index (χ1) is 9.92. The molecular weight excluding hydrogens is 246 g/mol. The van der Waals surface area contributed by atoms with Crippen molar-refractivity contribution < 1.29 is 0 Å². The molecule has 3 heteroatoms. The lowest BCUT2D eigenvalue weighted by Gasteiger charge is -2.18. The molecule has 0 atom stereocenters. The van der Waals surface area contributed by atoms with Crippen molar-refractivity contribution in [3.63, 3.8) is 0 Å². The van der Waals surface area contributed by atoms with Gasteiger partial charge in [0.25, 0.3) is 0 Å². The third kappa shape index (κ3) is 3.36. The van der Waals surface area contributed by atoms with Gasteiger partial charge in [-0.2, -0.15) is 0 Å². The van der Waals surface area contributed by atoms with Crippen LogP contribution in [-0.4, -0.2) is 18.1 Å². The fourth-order valence-electron chi connectivity index (χ4n) is 2.64. The SMILES string of the molecule is c1ccc(CNCCc2ccc3c(c2)CCCN3)nc1. The number of aryl methyl sites for hydroxylation is 1. The van der Waals surface area contributed by atoms with Crippen LogP contribution in [0.5, 0.6) is 0 Å². The molecule has 3 rings (SSSR count). The summed E-state index contributed by atoms with van der Waals surface area (Å²) in [7, 11) is 0. The molecule has 2 N–H and O–H groups in total. The zero-order valence-corrected chi connectivity index (χ0v) is 11.7. The van der Waals surface area contributed by atoms with Gasteiger partial charge in [-0.3, -0.25) is 4.98 Å². The third-order valence-corrected chi connectivity index (χ3v) is 3.73. The zero-order valence-electron chi connectivity index (χ0n) is 11.7. The monoisotopic (exact) mass is 267 g/mol. The fourth-order valence-corrected chi connectivity index (χ4v) is 2.64. The summed E-state index contributed by atoms with van der Waals surface area (Å²) in [4.78, 5) is 4.31. The maximum atomic E-state index is 4.31. The zero-order chi connectivity index (χ0) is 13.6. The average molecular weight is 267 g/mol. The van der Waals surface area contributed by atoms with Crippen LogP contribution in [0.3, 0.4) is 0 Å². The Labute approximate surface area is 120 Å². The molecular formula is C17H21N3. The predicted octanol–water partition coefficient (Wildman–Crippen LogP) is 2.77. The molecule has 0 aliphatic carbocycles. The normalized spacial score (nSPS) is 13.6. The summed E-state index contributed by atoms with van der Waals surface area (Å²) in [5, 5.41) is 6.91. The van der Waals surface area contributed by atoms with Crippen LogP contribution in [-0.2, 0) is 19.4 Å². The van der Waals surface area contributed by atoms with Crippen LogP contribution < -0.4 is 10.6 Å². The number of hydrogen-bond donors (Lipinski definition) is 2. The minimum Gasteiger partial charge on any atom is -0.385 e. The number of rotatable bonds is 5. The van der Waals surface area contributed by atoms with Crippen LogP contribution in [0.15, 0.2) is 42.6 Å². The Kier molecular flexibility index (Phi) is 4.28. The molecule has 1 aromatic heterocycles. The highest BCUT2D eigenvalue weighted by molar-refractivity contribution is 5.54. The van der Waals surface area contributed by atoms with E-state index in [-0.39, 0.29) is 0 Å². The minimum absolute atomic E-state index is 0.841. The second-order valence-corrected chi connectivity index (χ2v) is 5.27. The Balaban J connectivity index is 1.49. The molecule has 1 aliphatic rings. The third-order valence-electron chi connectivity index (χ3n) is 3.73. The van der Waals surface area contributed by atoms with E-state index >= 15 is 0 Å². The topological polar surface area (TPSA) is 37.0 Å². The van der Waals surface area contributed by atoms with Crippen molar-refractivity contribution in [1.29, 1.82) is 0 Å². The van der Waals surface area contributed by atoms with E-state index in [1.807, 2.05) is 18.3 Å². The summed E-state index contributed by atoms with van der Waals surface area (Å²) in [6.45, 7) is 2.94. The van der Waals surface area contributed by atoms with Gasteiger partial charge in [0.15, 0.2) is 0 Å². The van der Waals surface area contributed by atoms with E-state index < -0.39 is 0 Å². The van der Waals surface area contributed by atoms with Crippen LogP contribution in [0, 0.1) is 0 Å². The van der Waals surface area contributed by atoms with Gasteiger partial charge in [-0.15, -0.1) is 0 Å². The lowest BCUT2D eigenvalue weighted by molar-refractivity contribution is 0.674. The van der Waals surface area contributed by atoms with Gasteiger partial charge < -0.3 is 10.6 Å². The number of aromatic nitrogens is 1. The number of nitrogens with zero attached hydrogens (tertiary/aromatic N) is 1. The maximum Gasteiger partial charge on any atom is 0.0541 e. The molecule has 2 heterocycles. The van der Waals surface area contributed by atoms with Gasteiger partial charge in [0.1, 0.15) is 0 Å². The summed E-state index contributed by atoms with van der Waals surface area (Å²) >= 11 is 0. The molecule has 0 bridgehead atoms. The van der Waals surface area contributed by atoms with Crippen molar-refractivity contribution in [2.24, 2.45) is 0 Å². The number of anilines is 1. The molecule has 0 amide bonds. The molecule has 3 nitrogen and oxygen atoms in total. The summed E-state index contributed by atoms with van der Waals surface area (Å²) < 4.78 is 0. The smallest absolute Gasteiger partial charge is 0.0541 e. The lowest BCUT2D eigenvalue weighted by Crippen LogP contribution is -2.18. The van der Waals surface area contributed by atoms with E-state index in [9.17, 15) is 0 Å². The summed E-state index contributed by atoms with van der Waals surface area (Å²) in [5.74, 6) is 0. The number of nitrogens with one attached hydrogen (secondary N) is 2. The molecule has 20 heavy (non-hydrogen) atoms. The molecule has 0 fully saturated rings. The minimum atomic E-state index is 0.841. The lowest BCUT2D eigenvalue weighted by atomic mass is 9.99. The molecule has 104 valence electrons. The van der Waals surface area contributed by atoms with Crippen molar-refractivity contribution in [2.45, 2.75) is 25.8 Å². The predicted molar refractivity (Wildman–Crippen MR) is 82.9 cm³/mol. The van der Waals surface area contributed by atoms with Crippen molar-refractivity contribution >= 4 is 5.69 Å². The van der Waals surface area contributed by atoms with E-state index in [2.05, 4.69) is 39.9 Å². The first kappa shape index (κ1) is 13.1. The van der Waals surface area contributed by atoms with Crippen molar-refractivity contribution in [1.82, 2.24) is 10.3 Å². The van der Waals surface area contributed by atoms with Crippen LogP contribution in [0.1, 0.15) is 23.2 Å². The Morgan fingerprint density at radius 3 is 3.10 bits per heavy atom. The van der Waals surface area contributed by atoms with E-state index in [0.717, 1.165) is 31.7 Å². The van der Waals surface area contributed by atoms with Gasteiger partial charge in [0, 0.05) is 25.0 Å². The molecule has 2 aromatic rings. The van der Waals surface area contributed by atoms with E-state index in [0.29, 0.717) is 0 Å². The number of hydrogen-bond acceptors (Lipinski definition) is 3.